The lowest BCUT2D eigenvalue weighted by atomic mass is 10.1. The van der Waals surface area contributed by atoms with E-state index in [1.165, 1.54) is 0 Å². The van der Waals surface area contributed by atoms with E-state index in [-0.39, 0.29) is 17.5 Å². The normalized spacial score (nSPS) is 15.1. The number of hydrogen-bond donors (Lipinski definition) is 2. The van der Waals surface area contributed by atoms with Gasteiger partial charge < -0.3 is 10.6 Å². The van der Waals surface area contributed by atoms with Gasteiger partial charge in [-0.2, -0.15) is 5.10 Å². The largest absolute Gasteiger partial charge is 0.357 e. The number of rotatable bonds is 7. The van der Waals surface area contributed by atoms with Crippen molar-refractivity contribution in [1.29, 1.82) is 0 Å². The molecule has 0 radical (unpaired) electrons. The molecule has 0 saturated carbocycles. The third-order valence-electron chi connectivity index (χ3n) is 5.22. The Bertz CT molecular complexity index is 916. The van der Waals surface area contributed by atoms with Crippen molar-refractivity contribution in [2.45, 2.75) is 65.6 Å². The van der Waals surface area contributed by atoms with Gasteiger partial charge in [-0.05, 0) is 57.2 Å². The van der Waals surface area contributed by atoms with E-state index in [4.69, 9.17) is 0 Å². The van der Waals surface area contributed by atoms with Crippen LogP contribution < -0.4 is 16.3 Å². The highest BCUT2D eigenvalue weighted by Crippen LogP contribution is 2.16. The molecule has 8 heteroatoms. The number of nitrogens with zero attached hydrogens (tertiary/aromatic N) is 4. The van der Waals surface area contributed by atoms with Gasteiger partial charge in [-0.1, -0.05) is 12.1 Å². The van der Waals surface area contributed by atoms with Gasteiger partial charge in [0.1, 0.15) is 11.6 Å². The zero-order valence-electron chi connectivity index (χ0n) is 17.5. The minimum absolute atomic E-state index is 0.0104. The molecule has 1 unspecified atom stereocenters. The Balaban J connectivity index is 1.57. The third-order valence-corrected chi connectivity index (χ3v) is 5.22. The van der Waals surface area contributed by atoms with E-state index in [0.29, 0.717) is 24.6 Å². The first-order valence-electron chi connectivity index (χ1n) is 10.5. The molecule has 0 fully saturated rings. The van der Waals surface area contributed by atoms with Crippen LogP contribution in [0.2, 0.25) is 0 Å². The van der Waals surface area contributed by atoms with Crippen molar-refractivity contribution in [1.82, 2.24) is 25.0 Å². The Morgan fingerprint density at radius 1 is 1.38 bits per heavy atom. The van der Waals surface area contributed by atoms with E-state index in [0.717, 1.165) is 50.2 Å². The van der Waals surface area contributed by atoms with Gasteiger partial charge in [0, 0.05) is 32.6 Å². The van der Waals surface area contributed by atoms with Crippen LogP contribution in [0, 0.1) is 12.7 Å². The summed E-state index contributed by atoms with van der Waals surface area (Å²) in [5.74, 6) is 1.38. The molecule has 29 heavy (non-hydrogen) atoms. The molecule has 2 N–H and O–H groups in total. The standard InChI is InChI=1S/C21H31FN6O/c1-4-23-20(25-16(3)17-10-9-15(2)18(22)14-17)24-11-7-13-28-21(29)27-12-6-5-8-19(27)26-28/h9-10,14,16H,4-8,11-13H2,1-3H3,(H2,23,24,25). The first-order chi connectivity index (χ1) is 14.0. The van der Waals surface area contributed by atoms with Crippen LogP contribution in [0.15, 0.2) is 28.0 Å². The number of benzene rings is 1. The Morgan fingerprint density at radius 2 is 2.21 bits per heavy atom. The lowest BCUT2D eigenvalue weighted by Crippen LogP contribution is -2.39. The van der Waals surface area contributed by atoms with Crippen molar-refractivity contribution < 1.29 is 4.39 Å². The molecule has 2 aromatic rings. The van der Waals surface area contributed by atoms with Gasteiger partial charge in [0.15, 0.2) is 5.96 Å². The fourth-order valence-electron chi connectivity index (χ4n) is 3.49. The molecule has 0 saturated heterocycles. The van der Waals surface area contributed by atoms with Crippen LogP contribution in [0.5, 0.6) is 0 Å². The van der Waals surface area contributed by atoms with E-state index in [2.05, 4.69) is 20.7 Å². The van der Waals surface area contributed by atoms with Crippen molar-refractivity contribution >= 4 is 5.96 Å². The molecule has 0 amide bonds. The SMILES string of the molecule is CCNC(=NCCCn1nc2n(c1=O)CCCC2)NC(C)c1ccc(C)c(F)c1. The Labute approximate surface area is 171 Å². The Morgan fingerprint density at radius 3 is 2.93 bits per heavy atom. The minimum Gasteiger partial charge on any atom is -0.357 e. The van der Waals surface area contributed by atoms with Gasteiger partial charge in [0.25, 0.3) is 0 Å². The van der Waals surface area contributed by atoms with Gasteiger partial charge in [-0.25, -0.2) is 13.9 Å². The van der Waals surface area contributed by atoms with Gasteiger partial charge in [0.05, 0.1) is 6.04 Å². The van der Waals surface area contributed by atoms with E-state index in [1.807, 2.05) is 19.9 Å². The molecular formula is C21H31FN6O. The van der Waals surface area contributed by atoms with Crippen LogP contribution in [0.3, 0.4) is 0 Å². The number of nitrogens with one attached hydrogen (secondary N) is 2. The highest BCUT2D eigenvalue weighted by Gasteiger charge is 2.16. The molecular weight excluding hydrogens is 371 g/mol. The fourth-order valence-corrected chi connectivity index (χ4v) is 3.49. The summed E-state index contributed by atoms with van der Waals surface area (Å²) < 4.78 is 17.2. The molecule has 0 spiro atoms. The molecule has 1 aliphatic rings. The van der Waals surface area contributed by atoms with Crippen molar-refractivity contribution in [3.63, 3.8) is 0 Å². The summed E-state index contributed by atoms with van der Waals surface area (Å²) in [5.41, 5.74) is 1.50. The molecule has 0 aliphatic carbocycles. The average molecular weight is 403 g/mol. The second-order valence-corrected chi connectivity index (χ2v) is 7.52. The summed E-state index contributed by atoms with van der Waals surface area (Å²) in [7, 11) is 0. The Kier molecular flexibility index (Phi) is 7.06. The lowest BCUT2D eigenvalue weighted by Gasteiger charge is -2.18. The first-order valence-corrected chi connectivity index (χ1v) is 10.5. The molecule has 3 rings (SSSR count). The topological polar surface area (TPSA) is 76.2 Å². The summed E-state index contributed by atoms with van der Waals surface area (Å²) in [4.78, 5) is 17.0. The average Bonchev–Trinajstić information content (AvgIpc) is 3.03. The van der Waals surface area contributed by atoms with Gasteiger partial charge in [-0.3, -0.25) is 9.56 Å². The Hall–Kier alpha value is -2.64. The molecule has 1 aliphatic heterocycles. The summed E-state index contributed by atoms with van der Waals surface area (Å²) in [6.45, 7) is 8.37. The molecule has 1 aromatic carbocycles. The van der Waals surface area contributed by atoms with Crippen LogP contribution >= 0.6 is 0 Å². The smallest absolute Gasteiger partial charge is 0.345 e. The quantitative estimate of drug-likeness (QED) is 0.424. The fraction of sp³-hybridized carbons (Fsp3) is 0.571. The number of hydrogen-bond acceptors (Lipinski definition) is 3. The van der Waals surface area contributed by atoms with E-state index >= 15 is 0 Å². The minimum atomic E-state index is -0.203. The zero-order valence-corrected chi connectivity index (χ0v) is 17.5. The maximum Gasteiger partial charge on any atom is 0.345 e. The molecule has 7 nitrogen and oxygen atoms in total. The molecule has 1 aromatic heterocycles. The molecule has 0 bridgehead atoms. The molecule has 158 valence electrons. The van der Waals surface area contributed by atoms with Crippen LogP contribution in [-0.4, -0.2) is 33.4 Å². The second-order valence-electron chi connectivity index (χ2n) is 7.52. The van der Waals surface area contributed by atoms with Crippen LogP contribution in [0.1, 0.15) is 56.1 Å². The van der Waals surface area contributed by atoms with Crippen LogP contribution in [-0.2, 0) is 19.5 Å². The second kappa shape index (κ2) is 9.71. The molecule has 1 atom stereocenters. The predicted molar refractivity (Wildman–Crippen MR) is 113 cm³/mol. The van der Waals surface area contributed by atoms with Crippen molar-refractivity contribution in [2.75, 3.05) is 13.1 Å². The van der Waals surface area contributed by atoms with Crippen LogP contribution in [0.25, 0.3) is 0 Å². The molecule has 2 heterocycles. The highest BCUT2D eigenvalue weighted by atomic mass is 19.1. The first kappa shape index (κ1) is 21.1. The summed E-state index contributed by atoms with van der Waals surface area (Å²) in [5, 5.41) is 11.0. The van der Waals surface area contributed by atoms with Crippen molar-refractivity contribution in [3.05, 3.63) is 51.5 Å². The number of halogens is 1. The van der Waals surface area contributed by atoms with E-state index < -0.39 is 0 Å². The van der Waals surface area contributed by atoms with Gasteiger partial charge in [-0.15, -0.1) is 0 Å². The number of aliphatic imine (C=N–C) groups is 1. The summed E-state index contributed by atoms with van der Waals surface area (Å²) in [6, 6.07) is 5.19. The van der Waals surface area contributed by atoms with E-state index in [9.17, 15) is 9.18 Å². The zero-order chi connectivity index (χ0) is 20.8. The van der Waals surface area contributed by atoms with E-state index in [1.54, 1.807) is 28.3 Å². The van der Waals surface area contributed by atoms with Crippen molar-refractivity contribution in [2.24, 2.45) is 4.99 Å². The number of fused-ring (bicyclic) bond motifs is 1. The summed E-state index contributed by atoms with van der Waals surface area (Å²) >= 11 is 0. The maximum atomic E-state index is 13.8. The number of aromatic nitrogens is 3. The summed E-state index contributed by atoms with van der Waals surface area (Å²) in [6.07, 6.45) is 3.75. The monoisotopic (exact) mass is 402 g/mol. The van der Waals surface area contributed by atoms with Crippen LogP contribution in [0.4, 0.5) is 4.39 Å². The predicted octanol–water partition coefficient (Wildman–Crippen LogP) is 2.54. The van der Waals surface area contributed by atoms with Gasteiger partial charge in [0.2, 0.25) is 0 Å². The lowest BCUT2D eigenvalue weighted by molar-refractivity contribution is 0.509. The highest BCUT2D eigenvalue weighted by molar-refractivity contribution is 5.80. The van der Waals surface area contributed by atoms with Gasteiger partial charge >= 0.3 is 5.69 Å². The number of guanidine groups is 1. The maximum absolute atomic E-state index is 13.8. The van der Waals surface area contributed by atoms with Crippen molar-refractivity contribution in [3.8, 4) is 0 Å². The third kappa shape index (κ3) is 5.25. The number of aryl methyl sites for hydroxylation is 3.